The Morgan fingerprint density at radius 3 is 2.48 bits per heavy atom. The van der Waals surface area contributed by atoms with Crippen LogP contribution in [0.4, 0.5) is 5.69 Å². The summed E-state index contributed by atoms with van der Waals surface area (Å²) in [5.41, 5.74) is 5.49. The van der Waals surface area contributed by atoms with Crippen molar-refractivity contribution in [2.45, 2.75) is 31.2 Å². The summed E-state index contributed by atoms with van der Waals surface area (Å²) in [6.45, 7) is 5.97. The zero-order chi connectivity index (χ0) is 23.4. The highest BCUT2D eigenvalue weighted by Gasteiger charge is 2.26. The van der Waals surface area contributed by atoms with Crippen molar-refractivity contribution in [2.24, 2.45) is 0 Å². The van der Waals surface area contributed by atoms with Gasteiger partial charge in [-0.3, -0.25) is 4.79 Å². The van der Waals surface area contributed by atoms with Crippen molar-refractivity contribution < 1.29 is 9.53 Å². The van der Waals surface area contributed by atoms with E-state index in [0.29, 0.717) is 16.6 Å². The Labute approximate surface area is 197 Å². The molecule has 0 spiro atoms. The van der Waals surface area contributed by atoms with Crippen LogP contribution in [0.15, 0.2) is 71.9 Å². The van der Waals surface area contributed by atoms with Crippen LogP contribution < -0.4 is 10.1 Å². The summed E-state index contributed by atoms with van der Waals surface area (Å²) >= 11 is 1.29. The second-order valence-corrected chi connectivity index (χ2v) is 8.84. The third kappa shape index (κ3) is 5.06. The van der Waals surface area contributed by atoms with Crippen LogP contribution in [0.5, 0.6) is 5.75 Å². The predicted molar refractivity (Wildman–Crippen MR) is 130 cm³/mol. The van der Waals surface area contributed by atoms with Gasteiger partial charge in [0.05, 0.1) is 7.11 Å². The molecule has 0 radical (unpaired) electrons. The number of ether oxygens (including phenoxy) is 1. The lowest BCUT2D eigenvalue weighted by Gasteiger charge is -2.18. The van der Waals surface area contributed by atoms with Crippen LogP contribution in [0.2, 0.25) is 0 Å². The number of thioether (sulfide) groups is 1. The fourth-order valence-electron chi connectivity index (χ4n) is 3.44. The van der Waals surface area contributed by atoms with E-state index in [2.05, 4.69) is 20.8 Å². The molecule has 1 aromatic heterocycles. The van der Waals surface area contributed by atoms with Crippen LogP contribution in [-0.4, -0.2) is 33.2 Å². The predicted octanol–water partition coefficient (Wildman–Crippen LogP) is 5.07. The molecule has 0 saturated carbocycles. The van der Waals surface area contributed by atoms with Gasteiger partial charge in [0.25, 0.3) is 0 Å². The topological polar surface area (TPSA) is 81.9 Å². The zero-order valence-electron chi connectivity index (χ0n) is 18.9. The molecule has 0 aliphatic carbocycles. The fraction of sp³-hybridized carbons (Fsp3) is 0.200. The van der Waals surface area contributed by atoms with Gasteiger partial charge in [-0.15, -0.1) is 5.10 Å². The Kier molecular flexibility index (Phi) is 6.74. The first-order valence-corrected chi connectivity index (χ1v) is 11.4. The second kappa shape index (κ2) is 9.87. The second-order valence-electron chi connectivity index (χ2n) is 7.76. The van der Waals surface area contributed by atoms with Gasteiger partial charge in [-0.2, -0.15) is 4.68 Å². The van der Waals surface area contributed by atoms with Gasteiger partial charge in [-0.1, -0.05) is 60.3 Å². The first kappa shape index (κ1) is 22.5. The van der Waals surface area contributed by atoms with E-state index in [1.807, 2.05) is 87.5 Å². The summed E-state index contributed by atoms with van der Waals surface area (Å²) in [4.78, 5) is 13.5. The minimum atomic E-state index is -0.563. The van der Waals surface area contributed by atoms with Gasteiger partial charge < -0.3 is 10.1 Å². The quantitative estimate of drug-likeness (QED) is 0.389. The van der Waals surface area contributed by atoms with Gasteiger partial charge in [0.1, 0.15) is 16.7 Å². The number of nitrogens with zero attached hydrogens (tertiary/aromatic N) is 4. The van der Waals surface area contributed by atoms with Gasteiger partial charge in [-0.05, 0) is 71.7 Å². The number of amides is 1. The third-order valence-electron chi connectivity index (χ3n) is 5.22. The molecule has 33 heavy (non-hydrogen) atoms. The molecule has 0 bridgehead atoms. The fourth-order valence-corrected chi connectivity index (χ4v) is 4.43. The van der Waals surface area contributed by atoms with Crippen molar-refractivity contribution in [2.75, 3.05) is 12.4 Å². The van der Waals surface area contributed by atoms with Gasteiger partial charge in [0, 0.05) is 5.69 Å². The maximum Gasteiger partial charge on any atom is 0.242 e. The van der Waals surface area contributed by atoms with E-state index in [9.17, 15) is 4.79 Å². The Balaban J connectivity index is 1.70. The largest absolute Gasteiger partial charge is 0.494 e. The summed E-state index contributed by atoms with van der Waals surface area (Å²) in [6, 6.07) is 21.4. The molecular weight excluding hydrogens is 434 g/mol. The Bertz CT molecular complexity index is 1270. The van der Waals surface area contributed by atoms with Crippen LogP contribution in [0, 0.1) is 20.8 Å². The van der Waals surface area contributed by atoms with E-state index in [1.165, 1.54) is 11.8 Å². The number of benzene rings is 3. The van der Waals surface area contributed by atoms with E-state index in [0.717, 1.165) is 27.9 Å². The molecular formula is C25H25N5O2S. The van der Waals surface area contributed by atoms with Crippen LogP contribution >= 0.6 is 11.8 Å². The molecule has 4 rings (SSSR count). The molecule has 168 valence electrons. The van der Waals surface area contributed by atoms with Crippen molar-refractivity contribution in [3.05, 3.63) is 89.0 Å². The number of hydrogen-bond donors (Lipinski definition) is 1. The number of nitrogens with one attached hydrogen (secondary N) is 1. The first-order chi connectivity index (χ1) is 16.0. The highest BCUT2D eigenvalue weighted by atomic mass is 32.2. The number of aryl methyl sites for hydroxylation is 3. The van der Waals surface area contributed by atoms with E-state index in [4.69, 9.17) is 4.74 Å². The minimum absolute atomic E-state index is 0.148. The minimum Gasteiger partial charge on any atom is -0.494 e. The molecule has 4 aromatic rings. The van der Waals surface area contributed by atoms with Crippen LogP contribution in [0.25, 0.3) is 5.69 Å². The number of carbonyl (C=O) groups is 1. The monoisotopic (exact) mass is 459 g/mol. The number of aromatic nitrogens is 4. The third-order valence-corrected chi connectivity index (χ3v) is 6.41. The lowest BCUT2D eigenvalue weighted by molar-refractivity contribution is -0.115. The number of hydrogen-bond acceptors (Lipinski definition) is 6. The van der Waals surface area contributed by atoms with E-state index >= 15 is 0 Å². The number of anilines is 1. The van der Waals surface area contributed by atoms with Crippen molar-refractivity contribution in [3.8, 4) is 11.4 Å². The van der Waals surface area contributed by atoms with Crippen molar-refractivity contribution in [3.63, 3.8) is 0 Å². The highest BCUT2D eigenvalue weighted by molar-refractivity contribution is 8.00. The van der Waals surface area contributed by atoms with Crippen LogP contribution in [0.1, 0.15) is 27.5 Å². The maximum atomic E-state index is 13.5. The van der Waals surface area contributed by atoms with Gasteiger partial charge in [0.15, 0.2) is 0 Å². The molecule has 0 fully saturated rings. The summed E-state index contributed by atoms with van der Waals surface area (Å²) in [7, 11) is 1.61. The van der Waals surface area contributed by atoms with Crippen LogP contribution in [-0.2, 0) is 4.79 Å². The Morgan fingerprint density at radius 1 is 1.00 bits per heavy atom. The van der Waals surface area contributed by atoms with Gasteiger partial charge in [-0.25, -0.2) is 0 Å². The number of carbonyl (C=O) groups excluding carboxylic acids is 1. The number of methoxy groups -OCH3 is 1. The molecule has 0 aliphatic heterocycles. The molecule has 1 amide bonds. The lowest BCUT2D eigenvalue weighted by Crippen LogP contribution is -2.20. The molecule has 1 heterocycles. The summed E-state index contributed by atoms with van der Waals surface area (Å²) in [5, 5.41) is 15.3. The Morgan fingerprint density at radius 2 is 1.73 bits per heavy atom. The smallest absolute Gasteiger partial charge is 0.242 e. The highest BCUT2D eigenvalue weighted by Crippen LogP contribution is 2.37. The molecule has 7 nitrogen and oxygen atoms in total. The lowest BCUT2D eigenvalue weighted by atomic mass is 10.1. The zero-order valence-corrected chi connectivity index (χ0v) is 19.8. The van der Waals surface area contributed by atoms with E-state index < -0.39 is 5.25 Å². The van der Waals surface area contributed by atoms with E-state index in [-0.39, 0.29) is 5.91 Å². The average molecular weight is 460 g/mol. The van der Waals surface area contributed by atoms with Crippen molar-refractivity contribution in [1.82, 2.24) is 20.2 Å². The number of tetrazole rings is 1. The normalized spacial score (nSPS) is 11.8. The molecule has 3 aromatic carbocycles. The van der Waals surface area contributed by atoms with Crippen LogP contribution in [0.3, 0.4) is 0 Å². The molecule has 0 aliphatic rings. The Hall–Kier alpha value is -3.65. The standard InChI is InChI=1S/C25H25N5O2S/c1-16-10-12-18(3)20(14-16)26-24(31)23(19-8-6-5-7-9-19)33-25-27-28-29-30(25)21-15-17(2)11-13-22(21)32-4/h5-15,23H,1-4H3,(H,26,31)/t23-/m1/s1. The van der Waals surface area contributed by atoms with E-state index in [1.54, 1.807) is 11.8 Å². The van der Waals surface area contributed by atoms with Crippen molar-refractivity contribution >= 4 is 23.4 Å². The molecule has 0 unspecified atom stereocenters. The first-order valence-electron chi connectivity index (χ1n) is 10.5. The SMILES string of the molecule is COc1ccc(C)cc1-n1nnnc1S[C@@H](C(=O)Nc1cc(C)ccc1C)c1ccccc1. The molecule has 1 atom stereocenters. The molecule has 8 heteroatoms. The van der Waals surface area contributed by atoms with Crippen molar-refractivity contribution in [1.29, 1.82) is 0 Å². The number of rotatable bonds is 7. The van der Waals surface area contributed by atoms with Gasteiger partial charge >= 0.3 is 0 Å². The average Bonchev–Trinajstić information content (AvgIpc) is 3.28. The molecule has 0 saturated heterocycles. The maximum absolute atomic E-state index is 13.5. The summed E-state index contributed by atoms with van der Waals surface area (Å²) in [6.07, 6.45) is 0. The van der Waals surface area contributed by atoms with Gasteiger partial charge in [0.2, 0.25) is 11.1 Å². The molecule has 1 N–H and O–H groups in total. The summed E-state index contributed by atoms with van der Waals surface area (Å²) < 4.78 is 7.12. The summed E-state index contributed by atoms with van der Waals surface area (Å²) in [5.74, 6) is 0.497.